The molecular weight excluding hydrogens is 202 g/mol. The predicted molar refractivity (Wildman–Crippen MR) is 62.4 cm³/mol. The summed E-state index contributed by atoms with van der Waals surface area (Å²) in [6.07, 6.45) is 6.24. The maximum atomic E-state index is 9.05. The van der Waals surface area contributed by atoms with E-state index in [9.17, 15) is 0 Å². The van der Waals surface area contributed by atoms with Crippen molar-refractivity contribution in [3.05, 3.63) is 23.9 Å². The van der Waals surface area contributed by atoms with Crippen molar-refractivity contribution in [1.29, 1.82) is 0 Å². The first-order valence-electron chi connectivity index (χ1n) is 5.98. The van der Waals surface area contributed by atoms with Gasteiger partial charge in [0.1, 0.15) is 6.10 Å². The Balaban J connectivity index is 1.87. The van der Waals surface area contributed by atoms with Gasteiger partial charge in [-0.05, 0) is 50.2 Å². The number of aromatic nitrogens is 1. The van der Waals surface area contributed by atoms with Crippen molar-refractivity contribution < 1.29 is 9.84 Å². The molecule has 1 aromatic heterocycles. The first-order chi connectivity index (χ1) is 7.78. The van der Waals surface area contributed by atoms with E-state index in [0.717, 1.165) is 31.6 Å². The Bertz CT molecular complexity index is 332. The third-order valence-corrected chi connectivity index (χ3v) is 3.23. The highest BCUT2D eigenvalue weighted by Gasteiger charge is 2.21. The lowest BCUT2D eigenvalue weighted by atomic mass is 9.88. The predicted octanol–water partition coefficient (Wildman–Crippen LogP) is 2.32. The molecule has 0 radical (unpaired) electrons. The molecule has 0 bridgehead atoms. The SMILES string of the molecule is Cc1ccnc(OC2CCC(CO)CC2)c1. The highest BCUT2D eigenvalue weighted by Crippen LogP contribution is 2.26. The van der Waals surface area contributed by atoms with Gasteiger partial charge in [0.05, 0.1) is 0 Å². The van der Waals surface area contributed by atoms with Gasteiger partial charge in [-0.3, -0.25) is 0 Å². The number of pyridine rings is 1. The van der Waals surface area contributed by atoms with Crippen LogP contribution in [0.5, 0.6) is 5.88 Å². The molecule has 0 unspecified atom stereocenters. The van der Waals surface area contributed by atoms with Crippen molar-refractivity contribution in [2.24, 2.45) is 5.92 Å². The zero-order valence-corrected chi connectivity index (χ0v) is 9.72. The molecule has 0 aliphatic heterocycles. The number of aliphatic hydroxyl groups excluding tert-OH is 1. The molecule has 0 saturated heterocycles. The van der Waals surface area contributed by atoms with Gasteiger partial charge in [-0.15, -0.1) is 0 Å². The lowest BCUT2D eigenvalue weighted by molar-refractivity contribution is 0.100. The summed E-state index contributed by atoms with van der Waals surface area (Å²) in [6.45, 7) is 2.35. The summed E-state index contributed by atoms with van der Waals surface area (Å²) < 4.78 is 5.84. The maximum Gasteiger partial charge on any atom is 0.213 e. The first-order valence-corrected chi connectivity index (χ1v) is 5.98. The zero-order chi connectivity index (χ0) is 11.4. The van der Waals surface area contributed by atoms with Crippen LogP contribution in [0.1, 0.15) is 31.2 Å². The van der Waals surface area contributed by atoms with Gasteiger partial charge in [0.2, 0.25) is 5.88 Å². The van der Waals surface area contributed by atoms with Crippen LogP contribution in [-0.2, 0) is 0 Å². The normalized spacial score (nSPS) is 25.4. The molecule has 1 aliphatic carbocycles. The summed E-state index contributed by atoms with van der Waals surface area (Å²) in [4.78, 5) is 4.20. The van der Waals surface area contributed by atoms with Crippen molar-refractivity contribution >= 4 is 0 Å². The van der Waals surface area contributed by atoms with Crippen molar-refractivity contribution in [2.75, 3.05) is 6.61 Å². The van der Waals surface area contributed by atoms with E-state index in [2.05, 4.69) is 4.98 Å². The molecular formula is C13H19NO2. The van der Waals surface area contributed by atoms with E-state index in [1.807, 2.05) is 19.1 Å². The van der Waals surface area contributed by atoms with E-state index < -0.39 is 0 Å². The third kappa shape index (κ3) is 2.95. The Morgan fingerprint density at radius 2 is 2.12 bits per heavy atom. The van der Waals surface area contributed by atoms with Crippen molar-refractivity contribution in [1.82, 2.24) is 4.98 Å². The van der Waals surface area contributed by atoms with E-state index in [1.165, 1.54) is 5.56 Å². The summed E-state index contributed by atoms with van der Waals surface area (Å²) in [5.74, 6) is 1.21. The highest BCUT2D eigenvalue weighted by molar-refractivity contribution is 5.18. The molecule has 1 aromatic rings. The molecule has 0 amide bonds. The molecule has 3 heteroatoms. The second-order valence-corrected chi connectivity index (χ2v) is 4.61. The third-order valence-electron chi connectivity index (χ3n) is 3.23. The van der Waals surface area contributed by atoms with Crippen molar-refractivity contribution in [2.45, 2.75) is 38.7 Å². The fourth-order valence-corrected chi connectivity index (χ4v) is 2.18. The molecule has 1 heterocycles. The van der Waals surface area contributed by atoms with Gasteiger partial charge in [0, 0.05) is 18.9 Å². The fraction of sp³-hybridized carbons (Fsp3) is 0.615. The maximum absolute atomic E-state index is 9.05. The number of rotatable bonds is 3. The van der Waals surface area contributed by atoms with Gasteiger partial charge < -0.3 is 9.84 Å². The Morgan fingerprint density at radius 3 is 2.75 bits per heavy atom. The minimum atomic E-state index is 0.275. The van der Waals surface area contributed by atoms with E-state index in [-0.39, 0.29) is 6.10 Å². The molecule has 3 nitrogen and oxygen atoms in total. The topological polar surface area (TPSA) is 42.4 Å². The van der Waals surface area contributed by atoms with Crippen LogP contribution < -0.4 is 4.74 Å². The Kier molecular flexibility index (Phi) is 3.78. The number of hydrogen-bond acceptors (Lipinski definition) is 3. The summed E-state index contributed by atoms with van der Waals surface area (Å²) in [5, 5.41) is 9.05. The number of nitrogens with zero attached hydrogens (tertiary/aromatic N) is 1. The highest BCUT2D eigenvalue weighted by atomic mass is 16.5. The molecule has 1 fully saturated rings. The van der Waals surface area contributed by atoms with Crippen LogP contribution in [0.15, 0.2) is 18.3 Å². The Morgan fingerprint density at radius 1 is 1.38 bits per heavy atom. The molecule has 16 heavy (non-hydrogen) atoms. The van der Waals surface area contributed by atoms with E-state index in [4.69, 9.17) is 9.84 Å². The molecule has 1 aliphatic rings. The molecule has 1 N–H and O–H groups in total. The summed E-state index contributed by atoms with van der Waals surface area (Å²) >= 11 is 0. The molecule has 0 atom stereocenters. The molecule has 1 saturated carbocycles. The van der Waals surface area contributed by atoms with Crippen LogP contribution in [0.3, 0.4) is 0 Å². The van der Waals surface area contributed by atoms with Crippen LogP contribution in [-0.4, -0.2) is 22.8 Å². The minimum Gasteiger partial charge on any atom is -0.474 e. The minimum absolute atomic E-state index is 0.275. The van der Waals surface area contributed by atoms with Gasteiger partial charge in [0.25, 0.3) is 0 Å². The summed E-state index contributed by atoms with van der Waals surface area (Å²) in [5.41, 5.74) is 1.18. The largest absolute Gasteiger partial charge is 0.474 e. The van der Waals surface area contributed by atoms with Gasteiger partial charge in [-0.2, -0.15) is 0 Å². The second-order valence-electron chi connectivity index (χ2n) is 4.61. The molecule has 0 aromatic carbocycles. The molecule has 0 spiro atoms. The van der Waals surface area contributed by atoms with Gasteiger partial charge in [0.15, 0.2) is 0 Å². The quantitative estimate of drug-likeness (QED) is 0.851. The molecule has 2 rings (SSSR count). The lowest BCUT2D eigenvalue weighted by Crippen LogP contribution is -2.25. The van der Waals surface area contributed by atoms with Crippen molar-refractivity contribution in [3.8, 4) is 5.88 Å². The number of hydrogen-bond donors (Lipinski definition) is 1. The first kappa shape index (κ1) is 11.4. The number of aryl methyl sites for hydroxylation is 1. The van der Waals surface area contributed by atoms with Gasteiger partial charge >= 0.3 is 0 Å². The zero-order valence-electron chi connectivity index (χ0n) is 9.72. The Hall–Kier alpha value is -1.09. The average Bonchev–Trinajstić information content (AvgIpc) is 2.30. The van der Waals surface area contributed by atoms with E-state index in [1.54, 1.807) is 6.20 Å². The standard InChI is InChI=1S/C13H19NO2/c1-10-6-7-14-13(8-10)16-12-4-2-11(9-15)3-5-12/h6-8,11-12,15H,2-5,9H2,1H3. The van der Waals surface area contributed by atoms with Crippen LogP contribution in [0.2, 0.25) is 0 Å². The van der Waals surface area contributed by atoms with Crippen LogP contribution >= 0.6 is 0 Å². The van der Waals surface area contributed by atoms with Crippen LogP contribution in [0.4, 0.5) is 0 Å². The van der Waals surface area contributed by atoms with Crippen LogP contribution in [0.25, 0.3) is 0 Å². The van der Waals surface area contributed by atoms with E-state index in [0.29, 0.717) is 12.5 Å². The monoisotopic (exact) mass is 221 g/mol. The van der Waals surface area contributed by atoms with E-state index >= 15 is 0 Å². The Labute approximate surface area is 96.5 Å². The van der Waals surface area contributed by atoms with Gasteiger partial charge in [-0.25, -0.2) is 4.98 Å². The molecule has 88 valence electrons. The fourth-order valence-electron chi connectivity index (χ4n) is 2.18. The smallest absolute Gasteiger partial charge is 0.213 e. The lowest BCUT2D eigenvalue weighted by Gasteiger charge is -2.27. The van der Waals surface area contributed by atoms with Crippen LogP contribution in [0, 0.1) is 12.8 Å². The number of ether oxygens (including phenoxy) is 1. The number of aliphatic hydroxyl groups is 1. The average molecular weight is 221 g/mol. The van der Waals surface area contributed by atoms with Gasteiger partial charge in [-0.1, -0.05) is 0 Å². The van der Waals surface area contributed by atoms with Crippen molar-refractivity contribution in [3.63, 3.8) is 0 Å². The second kappa shape index (κ2) is 5.30. The summed E-state index contributed by atoms with van der Waals surface area (Å²) in [6, 6.07) is 3.94. The summed E-state index contributed by atoms with van der Waals surface area (Å²) in [7, 11) is 0.